The molecule has 2 unspecified atom stereocenters. The molecule has 5 heteroatoms. The Morgan fingerprint density at radius 1 is 0.191 bits per heavy atom. The Kier molecular flexibility index (Phi) is 18.0. The van der Waals surface area contributed by atoms with Gasteiger partial charge in [0.1, 0.15) is 0 Å². The van der Waals surface area contributed by atoms with Crippen molar-refractivity contribution in [2.24, 2.45) is 0 Å². The van der Waals surface area contributed by atoms with E-state index >= 15 is 0 Å². The number of nitrogens with one attached hydrogen (secondary N) is 1. The summed E-state index contributed by atoms with van der Waals surface area (Å²) in [4.78, 5) is 2.42. The van der Waals surface area contributed by atoms with Crippen LogP contribution < -0.4 is 10.2 Å². The molecule has 22 aromatic carbocycles. The molecule has 2 aromatic heterocycles. The number of hydrogen-bond donors (Lipinski definition) is 1. The average Bonchev–Trinajstić information content (AvgIpc) is 1.50. The zero-order valence-corrected chi connectivity index (χ0v) is 74.4. The van der Waals surface area contributed by atoms with Gasteiger partial charge in [0.15, 0.2) is 0 Å². The predicted molar refractivity (Wildman–Crippen MR) is 562 cm³/mol. The van der Waals surface area contributed by atoms with Crippen molar-refractivity contribution in [2.75, 3.05) is 10.2 Å². The van der Waals surface area contributed by atoms with Crippen molar-refractivity contribution in [1.82, 2.24) is 0 Å². The van der Waals surface area contributed by atoms with Gasteiger partial charge in [-0.3, -0.25) is 0 Å². The molecule has 0 aliphatic heterocycles. The highest BCUT2D eigenvalue weighted by Gasteiger charge is 2.54. The first-order valence-electron chi connectivity index (χ1n) is 45.0. The second-order valence-electron chi connectivity index (χ2n) is 35.0. The third-order valence-corrected chi connectivity index (χ3v) is 30.8. The molecule has 2 nitrogen and oxygen atoms in total. The SMILES string of the molecule is Brc1ccc2sc3ccc(-c4ccc5c(c4)-c4ccccc4C54c5ccccc5-c5ccc6ccccc6c54)cc3c2c1.c1ccc(-c2cccc(N(c3ccc4ccccc4c3)c3ccc4sc5ccc(-c6ccc7c(c6)-c6ccccc6C76c7ccccc7-c7ccc8ccccc8c76)cc5c4c3)c2)cc1.c1ccc(-c2cccc(Nc3ccc4ccccc4c3)c2)cc1. The van der Waals surface area contributed by atoms with Gasteiger partial charge in [-0.05, 0) is 298 Å². The van der Waals surface area contributed by atoms with E-state index in [-0.39, 0.29) is 5.41 Å². The van der Waals surface area contributed by atoms with E-state index in [0.29, 0.717) is 0 Å². The van der Waals surface area contributed by atoms with Gasteiger partial charge in [-0.2, -0.15) is 0 Å². The summed E-state index contributed by atoms with van der Waals surface area (Å²) in [5.41, 5.74) is 36.4. The standard InChI is InChI=1S/C63H39NS.C41H23BrS.C22H17N/c1-2-13-40(14-3-1)44-18-12-19-47(35-44)64(48-29-25-41-15-4-5-17-43(41)36-48)49-30-34-61-56(39-49)55-38-46(28-33-60(55)65-61)45-27-32-59-54(37-45)52-22-9-11-24-58(52)63(59)57-23-10-8-21-51(57)53-31-26-42-16-6-7-20-50(42)62(53)63;42-27-16-20-39-34(23-27)33-22-26(15-19-38(33)43-39)25-14-18-37-32(21-25)30-10-4-6-12-36(30)41(37)35-11-5-3-9-29(35)31-17-13-24-7-1-2-8-28(24)40(31)41;1-2-7-17(8-3-1)20-11-6-12-21(15-20)23-22-14-13-18-9-4-5-10-19(18)16-22/h1-39H;1-23H;1-16,23H. The first-order chi connectivity index (χ1) is 64.8. The number of thiophene rings is 2. The third kappa shape index (κ3) is 12.3. The molecule has 0 fully saturated rings. The molecule has 2 heterocycles. The van der Waals surface area contributed by atoms with E-state index in [4.69, 9.17) is 0 Å². The highest BCUT2D eigenvalue weighted by molar-refractivity contribution is 9.10. The van der Waals surface area contributed by atoms with Crippen LogP contribution in [0.25, 0.3) is 172 Å². The van der Waals surface area contributed by atoms with Crippen LogP contribution in [0.4, 0.5) is 28.4 Å². The lowest BCUT2D eigenvalue weighted by molar-refractivity contribution is 0.801. The van der Waals surface area contributed by atoms with Crippen molar-refractivity contribution in [3.05, 3.63) is 522 Å². The minimum atomic E-state index is -0.404. The summed E-state index contributed by atoms with van der Waals surface area (Å²) in [5, 5.41) is 18.9. The first kappa shape index (κ1) is 76.6. The van der Waals surface area contributed by atoms with Crippen molar-refractivity contribution in [3.8, 4) is 89.0 Å². The van der Waals surface area contributed by atoms with Crippen LogP contribution in [0.2, 0.25) is 0 Å². The fraction of sp³-hybridized carbons (Fsp3) is 0.0159. The summed E-state index contributed by atoms with van der Waals surface area (Å²) in [6, 6.07) is 175. The van der Waals surface area contributed by atoms with Gasteiger partial charge in [0.25, 0.3) is 0 Å². The number of rotatable bonds is 9. The van der Waals surface area contributed by atoms with Crippen LogP contribution in [-0.4, -0.2) is 0 Å². The van der Waals surface area contributed by atoms with E-state index < -0.39 is 5.41 Å². The Morgan fingerprint density at radius 2 is 0.542 bits per heavy atom. The van der Waals surface area contributed by atoms with Gasteiger partial charge in [-0.15, -0.1) is 22.7 Å². The quantitative estimate of drug-likeness (QED) is 0.155. The van der Waals surface area contributed by atoms with Crippen LogP contribution in [0.5, 0.6) is 0 Å². The molecular formula is C126H79BrN2S2. The largest absolute Gasteiger partial charge is 0.355 e. The number of hydrogen-bond acceptors (Lipinski definition) is 4. The molecule has 1 N–H and O–H groups in total. The molecule has 0 amide bonds. The summed E-state index contributed by atoms with van der Waals surface area (Å²) in [6.45, 7) is 0. The highest BCUT2D eigenvalue weighted by atomic mass is 79.9. The molecule has 28 rings (SSSR count). The molecular weight excluding hydrogens is 1690 g/mol. The normalized spacial score (nSPS) is 14.4. The Labute approximate surface area is 776 Å². The Bertz CT molecular complexity index is 8820. The summed E-state index contributed by atoms with van der Waals surface area (Å²) < 4.78 is 6.35. The molecule has 131 heavy (non-hydrogen) atoms. The number of halogens is 1. The molecule has 0 saturated carbocycles. The summed E-state index contributed by atoms with van der Waals surface area (Å²) in [6.07, 6.45) is 0. The molecule has 2 spiro atoms. The molecule has 612 valence electrons. The van der Waals surface area contributed by atoms with Gasteiger partial charge in [-0.25, -0.2) is 0 Å². The van der Waals surface area contributed by atoms with E-state index in [1.54, 1.807) is 0 Å². The smallest absolute Gasteiger partial charge is 0.0731 e. The van der Waals surface area contributed by atoms with Gasteiger partial charge in [0.2, 0.25) is 0 Å². The van der Waals surface area contributed by atoms with Crippen LogP contribution >= 0.6 is 38.6 Å². The molecule has 0 radical (unpaired) electrons. The summed E-state index contributed by atoms with van der Waals surface area (Å²) in [5.74, 6) is 0. The maximum absolute atomic E-state index is 3.69. The maximum Gasteiger partial charge on any atom is 0.0731 e. The second-order valence-corrected chi connectivity index (χ2v) is 38.1. The highest BCUT2D eigenvalue weighted by Crippen LogP contribution is 2.67. The van der Waals surface area contributed by atoms with Crippen LogP contribution in [-0.2, 0) is 10.8 Å². The van der Waals surface area contributed by atoms with Crippen molar-refractivity contribution >= 4 is 150 Å². The second kappa shape index (κ2) is 30.8. The first-order valence-corrected chi connectivity index (χ1v) is 47.4. The van der Waals surface area contributed by atoms with Crippen molar-refractivity contribution in [3.63, 3.8) is 0 Å². The van der Waals surface area contributed by atoms with Gasteiger partial charge in [0, 0.05) is 73.3 Å². The number of nitrogens with zero attached hydrogens (tertiary/aromatic N) is 1. The number of anilines is 5. The Morgan fingerprint density at radius 3 is 1.08 bits per heavy atom. The summed E-state index contributed by atoms with van der Waals surface area (Å²) in [7, 11) is 0. The van der Waals surface area contributed by atoms with Crippen molar-refractivity contribution < 1.29 is 0 Å². The van der Waals surface area contributed by atoms with E-state index in [1.165, 1.54) is 217 Å². The fourth-order valence-electron chi connectivity index (χ4n) is 22.3. The van der Waals surface area contributed by atoms with Gasteiger partial charge in [0.05, 0.1) is 10.8 Å². The average molecular weight is 1770 g/mol. The topological polar surface area (TPSA) is 15.3 Å². The third-order valence-electron chi connectivity index (χ3n) is 28.0. The molecule has 2 atom stereocenters. The summed E-state index contributed by atoms with van der Waals surface area (Å²) >= 11 is 7.42. The zero-order valence-electron chi connectivity index (χ0n) is 71.2. The molecule has 4 aliphatic carbocycles. The lowest BCUT2D eigenvalue weighted by atomic mass is 9.69. The van der Waals surface area contributed by atoms with Crippen molar-refractivity contribution in [1.29, 1.82) is 0 Å². The van der Waals surface area contributed by atoms with Crippen LogP contribution in [0, 0.1) is 0 Å². The van der Waals surface area contributed by atoms with Crippen molar-refractivity contribution in [2.45, 2.75) is 10.8 Å². The molecule has 4 aliphatic rings. The maximum atomic E-state index is 3.69. The minimum Gasteiger partial charge on any atom is -0.355 e. The molecule has 24 aromatic rings. The zero-order chi connectivity index (χ0) is 86.4. The van der Waals surface area contributed by atoms with Gasteiger partial charge in [-0.1, -0.05) is 368 Å². The number of benzene rings is 22. The van der Waals surface area contributed by atoms with E-state index in [1.807, 2.05) is 28.7 Å². The molecule has 0 bridgehead atoms. The van der Waals surface area contributed by atoms with Crippen LogP contribution in [0.15, 0.2) is 478 Å². The molecule has 0 saturated heterocycles. The minimum absolute atomic E-state index is 0.350. The van der Waals surface area contributed by atoms with Gasteiger partial charge < -0.3 is 10.2 Å². The Hall–Kier alpha value is -15.6. The lowest BCUT2D eigenvalue weighted by Gasteiger charge is -2.31. The van der Waals surface area contributed by atoms with E-state index in [9.17, 15) is 0 Å². The predicted octanol–water partition coefficient (Wildman–Crippen LogP) is 35.7. The van der Waals surface area contributed by atoms with E-state index in [0.717, 1.165) is 32.9 Å². The van der Waals surface area contributed by atoms with Gasteiger partial charge >= 0.3 is 0 Å². The number of fused-ring (bicyclic) bond motifs is 32. The van der Waals surface area contributed by atoms with Crippen LogP contribution in [0.3, 0.4) is 0 Å². The van der Waals surface area contributed by atoms with E-state index in [2.05, 4.69) is 493 Å². The monoisotopic (exact) mass is 1760 g/mol. The lowest BCUT2D eigenvalue weighted by Crippen LogP contribution is -2.26. The fourth-order valence-corrected chi connectivity index (χ4v) is 24.8. The Balaban J connectivity index is 0.000000116. The van der Waals surface area contributed by atoms with Crippen LogP contribution in [0.1, 0.15) is 44.5 Å².